The molecule has 0 atom stereocenters. The van der Waals surface area contributed by atoms with Crippen LogP contribution in [-0.2, 0) is 10.4 Å². The van der Waals surface area contributed by atoms with Crippen molar-refractivity contribution in [2.24, 2.45) is 4.40 Å². The zero-order valence-corrected chi connectivity index (χ0v) is 8.99. The van der Waals surface area contributed by atoms with Gasteiger partial charge in [0.1, 0.15) is 0 Å². The van der Waals surface area contributed by atoms with Crippen LogP contribution in [0.4, 0.5) is 3.89 Å². The molecular weight excluding hydrogens is 229 g/mol. The minimum atomic E-state index is -4.82. The first-order valence-corrected chi connectivity index (χ1v) is 5.88. The number of nitrogens with zero attached hydrogens (tertiary/aromatic N) is 1. The SMILES string of the molecule is O=S(=O)(F)N=Cc1cccc2ccccc12. The Morgan fingerprint density at radius 3 is 2.50 bits per heavy atom. The summed E-state index contributed by atoms with van der Waals surface area (Å²) in [5.74, 6) is 0. The topological polar surface area (TPSA) is 46.5 Å². The Labute approximate surface area is 92.6 Å². The predicted octanol–water partition coefficient (Wildman–Crippen LogP) is 2.47. The molecule has 2 aromatic rings. The van der Waals surface area contributed by atoms with E-state index in [1.54, 1.807) is 12.1 Å². The Balaban J connectivity index is 2.57. The highest BCUT2D eigenvalue weighted by Crippen LogP contribution is 2.17. The van der Waals surface area contributed by atoms with Crippen LogP contribution in [0.25, 0.3) is 10.8 Å². The van der Waals surface area contributed by atoms with Gasteiger partial charge in [0.05, 0.1) is 6.21 Å². The highest BCUT2D eigenvalue weighted by atomic mass is 32.3. The third kappa shape index (κ3) is 2.43. The smallest absolute Gasteiger partial charge is 0.170 e. The number of rotatable bonds is 2. The molecule has 5 heteroatoms. The number of benzene rings is 2. The van der Waals surface area contributed by atoms with Crippen molar-refractivity contribution < 1.29 is 12.3 Å². The highest BCUT2D eigenvalue weighted by molar-refractivity contribution is 7.85. The average Bonchev–Trinajstić information content (AvgIpc) is 2.25. The van der Waals surface area contributed by atoms with Crippen molar-refractivity contribution in [2.45, 2.75) is 0 Å². The van der Waals surface area contributed by atoms with Gasteiger partial charge in [0, 0.05) is 5.56 Å². The van der Waals surface area contributed by atoms with Gasteiger partial charge < -0.3 is 0 Å². The molecule has 2 aromatic carbocycles. The van der Waals surface area contributed by atoms with Crippen molar-refractivity contribution in [1.29, 1.82) is 0 Å². The van der Waals surface area contributed by atoms with E-state index in [1.165, 1.54) is 0 Å². The molecular formula is C11H8FNO2S. The monoisotopic (exact) mass is 237 g/mol. The van der Waals surface area contributed by atoms with Crippen molar-refractivity contribution in [2.75, 3.05) is 0 Å². The second-order valence-corrected chi connectivity index (χ2v) is 4.25. The number of hydrogen-bond acceptors (Lipinski definition) is 2. The summed E-state index contributed by atoms with van der Waals surface area (Å²) in [6, 6.07) is 12.7. The summed E-state index contributed by atoms with van der Waals surface area (Å²) >= 11 is 0. The van der Waals surface area contributed by atoms with E-state index < -0.39 is 10.4 Å². The van der Waals surface area contributed by atoms with E-state index in [9.17, 15) is 12.3 Å². The first-order valence-electron chi connectivity index (χ1n) is 4.54. The van der Waals surface area contributed by atoms with Crippen LogP contribution in [-0.4, -0.2) is 14.6 Å². The average molecular weight is 237 g/mol. The molecule has 0 bridgehead atoms. The summed E-state index contributed by atoms with van der Waals surface area (Å²) in [7, 11) is -4.82. The second-order valence-electron chi connectivity index (χ2n) is 3.21. The van der Waals surface area contributed by atoms with Gasteiger partial charge in [0.15, 0.2) is 0 Å². The molecule has 0 N–H and O–H groups in total. The fourth-order valence-electron chi connectivity index (χ4n) is 1.48. The summed E-state index contributed by atoms with van der Waals surface area (Å²) in [5.41, 5.74) is 0.569. The lowest BCUT2D eigenvalue weighted by atomic mass is 10.1. The van der Waals surface area contributed by atoms with Crippen LogP contribution in [0.15, 0.2) is 46.9 Å². The van der Waals surface area contributed by atoms with Crippen molar-refractivity contribution >= 4 is 27.4 Å². The van der Waals surface area contributed by atoms with Gasteiger partial charge in [-0.05, 0) is 10.8 Å². The molecule has 82 valence electrons. The molecule has 2 rings (SSSR count). The molecule has 0 aliphatic rings. The van der Waals surface area contributed by atoms with Gasteiger partial charge in [0.25, 0.3) is 0 Å². The maximum Gasteiger partial charge on any atom is 0.417 e. The van der Waals surface area contributed by atoms with Crippen molar-refractivity contribution in [1.82, 2.24) is 0 Å². The van der Waals surface area contributed by atoms with Gasteiger partial charge in [0.2, 0.25) is 0 Å². The van der Waals surface area contributed by atoms with Crippen molar-refractivity contribution in [3.63, 3.8) is 0 Å². The molecule has 0 amide bonds. The van der Waals surface area contributed by atoms with E-state index in [-0.39, 0.29) is 0 Å². The fourth-order valence-corrected chi connectivity index (χ4v) is 1.72. The maximum absolute atomic E-state index is 12.2. The number of hydrogen-bond donors (Lipinski definition) is 0. The standard InChI is InChI=1S/C11H8FNO2S/c12-16(14,15)13-8-10-6-3-5-9-4-1-2-7-11(9)10/h1-8H. The fraction of sp³-hybridized carbons (Fsp3) is 0. The van der Waals surface area contributed by atoms with Gasteiger partial charge >= 0.3 is 10.4 Å². The normalized spacial score (nSPS) is 12.3. The molecule has 0 spiro atoms. The zero-order valence-electron chi connectivity index (χ0n) is 8.17. The van der Waals surface area contributed by atoms with Gasteiger partial charge in [-0.3, -0.25) is 0 Å². The first-order chi connectivity index (χ1) is 7.56. The van der Waals surface area contributed by atoms with Gasteiger partial charge in [-0.15, -0.1) is 4.40 Å². The molecule has 0 saturated carbocycles. The van der Waals surface area contributed by atoms with Crippen LogP contribution in [0.5, 0.6) is 0 Å². The molecule has 0 saturated heterocycles. The lowest BCUT2D eigenvalue weighted by Gasteiger charge is -2.00. The molecule has 0 aliphatic heterocycles. The van der Waals surface area contributed by atoms with Gasteiger partial charge in [-0.2, -0.15) is 8.42 Å². The summed E-state index contributed by atoms with van der Waals surface area (Å²) in [6.45, 7) is 0. The Hall–Kier alpha value is -1.75. The molecule has 0 unspecified atom stereocenters. The molecule has 16 heavy (non-hydrogen) atoms. The summed E-state index contributed by atoms with van der Waals surface area (Å²) in [5, 5.41) is 1.78. The van der Waals surface area contributed by atoms with Crippen LogP contribution in [0.3, 0.4) is 0 Å². The highest BCUT2D eigenvalue weighted by Gasteiger charge is 2.02. The van der Waals surface area contributed by atoms with Crippen LogP contribution in [0, 0.1) is 0 Å². The third-order valence-electron chi connectivity index (χ3n) is 2.14. The number of fused-ring (bicyclic) bond motifs is 1. The minimum absolute atomic E-state index is 0.569. The largest absolute Gasteiger partial charge is 0.417 e. The Bertz CT molecular complexity index is 645. The van der Waals surface area contributed by atoms with Crippen molar-refractivity contribution in [3.8, 4) is 0 Å². The molecule has 0 heterocycles. The molecule has 0 aromatic heterocycles. The number of halogens is 1. The quantitative estimate of drug-likeness (QED) is 0.595. The summed E-state index contributed by atoms with van der Waals surface area (Å²) < 4.78 is 35.7. The van der Waals surface area contributed by atoms with E-state index in [2.05, 4.69) is 4.40 Å². The Kier molecular flexibility index (Phi) is 2.70. The van der Waals surface area contributed by atoms with E-state index in [0.29, 0.717) is 5.56 Å². The summed E-state index contributed by atoms with van der Waals surface area (Å²) in [6.07, 6.45) is 1.01. The second kappa shape index (κ2) is 4.02. The van der Waals surface area contributed by atoms with Gasteiger partial charge in [-0.1, -0.05) is 46.4 Å². The van der Waals surface area contributed by atoms with Crippen LogP contribution in [0.2, 0.25) is 0 Å². The van der Waals surface area contributed by atoms with E-state index in [4.69, 9.17) is 0 Å². The van der Waals surface area contributed by atoms with Gasteiger partial charge in [-0.25, -0.2) is 0 Å². The lowest BCUT2D eigenvalue weighted by Crippen LogP contribution is -1.88. The van der Waals surface area contributed by atoms with Crippen LogP contribution in [0.1, 0.15) is 5.56 Å². The molecule has 0 radical (unpaired) electrons. The zero-order chi connectivity index (χ0) is 11.6. The molecule has 3 nitrogen and oxygen atoms in total. The van der Waals surface area contributed by atoms with E-state index in [0.717, 1.165) is 17.0 Å². The Morgan fingerprint density at radius 2 is 1.75 bits per heavy atom. The Morgan fingerprint density at radius 1 is 1.06 bits per heavy atom. The maximum atomic E-state index is 12.2. The third-order valence-corrected chi connectivity index (χ3v) is 2.50. The van der Waals surface area contributed by atoms with E-state index in [1.807, 2.05) is 30.3 Å². The minimum Gasteiger partial charge on any atom is -0.170 e. The molecule has 0 fully saturated rings. The first kappa shape index (κ1) is 10.8. The van der Waals surface area contributed by atoms with Crippen LogP contribution < -0.4 is 0 Å². The van der Waals surface area contributed by atoms with E-state index >= 15 is 0 Å². The predicted molar refractivity (Wildman–Crippen MR) is 61.6 cm³/mol. The molecule has 0 aliphatic carbocycles. The summed E-state index contributed by atoms with van der Waals surface area (Å²) in [4.78, 5) is 0. The van der Waals surface area contributed by atoms with Crippen molar-refractivity contribution in [3.05, 3.63) is 48.0 Å². The van der Waals surface area contributed by atoms with Crippen LogP contribution >= 0.6 is 0 Å². The lowest BCUT2D eigenvalue weighted by molar-refractivity contribution is 0.554.